The molecule has 3 atom stereocenters. The molecule has 3 N–H and O–H groups in total. The molecule has 14 heavy (non-hydrogen) atoms. The van der Waals surface area contributed by atoms with Gasteiger partial charge >= 0.3 is 0 Å². The van der Waals surface area contributed by atoms with E-state index in [9.17, 15) is 0 Å². The monoisotopic (exact) mass is 202 g/mol. The number of aliphatic hydroxyl groups is 1. The van der Waals surface area contributed by atoms with Crippen molar-refractivity contribution in [3.05, 3.63) is 0 Å². The molecule has 1 aliphatic rings. The molecule has 1 aliphatic heterocycles. The number of nitrogens with zero attached hydrogens (tertiary/aromatic N) is 1. The fourth-order valence-corrected chi connectivity index (χ4v) is 1.71. The summed E-state index contributed by atoms with van der Waals surface area (Å²) >= 11 is 0. The Morgan fingerprint density at radius 3 is 2.93 bits per heavy atom. The topological polar surface area (TPSA) is 58.7 Å². The predicted octanol–water partition coefficient (Wildman–Crippen LogP) is -0.337. The normalized spacial score (nSPS) is 31.7. The molecule has 1 rings (SSSR count). The van der Waals surface area contributed by atoms with Crippen molar-refractivity contribution in [3.8, 4) is 0 Å². The van der Waals surface area contributed by atoms with Gasteiger partial charge in [0.05, 0.1) is 19.3 Å². The van der Waals surface area contributed by atoms with Gasteiger partial charge in [0.25, 0.3) is 0 Å². The highest BCUT2D eigenvalue weighted by Gasteiger charge is 2.26. The molecule has 0 aromatic rings. The Morgan fingerprint density at radius 1 is 1.64 bits per heavy atom. The smallest absolute Gasteiger partial charge is 0.0933 e. The third-order valence-corrected chi connectivity index (χ3v) is 2.79. The zero-order valence-electron chi connectivity index (χ0n) is 9.15. The lowest BCUT2D eigenvalue weighted by molar-refractivity contribution is -0.0806. The van der Waals surface area contributed by atoms with Gasteiger partial charge in [-0.25, -0.2) is 0 Å². The summed E-state index contributed by atoms with van der Waals surface area (Å²) in [6.45, 7) is 7.66. The Kier molecular flexibility index (Phi) is 4.81. The Balaban J connectivity index is 2.40. The second kappa shape index (κ2) is 5.66. The quantitative estimate of drug-likeness (QED) is 0.655. The average molecular weight is 202 g/mol. The van der Waals surface area contributed by atoms with Gasteiger partial charge in [0.15, 0.2) is 0 Å². The van der Waals surface area contributed by atoms with Crippen LogP contribution in [0.25, 0.3) is 0 Å². The number of hydrogen-bond acceptors (Lipinski definition) is 4. The Labute approximate surface area is 86.0 Å². The third-order valence-electron chi connectivity index (χ3n) is 2.79. The molecule has 0 spiro atoms. The van der Waals surface area contributed by atoms with Gasteiger partial charge in [0, 0.05) is 19.1 Å². The van der Waals surface area contributed by atoms with Gasteiger partial charge in [-0.2, -0.15) is 0 Å². The number of morpholine rings is 1. The van der Waals surface area contributed by atoms with E-state index in [4.69, 9.17) is 15.6 Å². The molecule has 4 heteroatoms. The molecule has 1 saturated heterocycles. The van der Waals surface area contributed by atoms with Crippen LogP contribution in [0.2, 0.25) is 0 Å². The number of ether oxygens (including phenoxy) is 1. The van der Waals surface area contributed by atoms with Crippen molar-refractivity contribution in [2.45, 2.75) is 26.0 Å². The van der Waals surface area contributed by atoms with Gasteiger partial charge in [-0.3, -0.25) is 4.90 Å². The van der Waals surface area contributed by atoms with Crippen LogP contribution < -0.4 is 5.73 Å². The first-order chi connectivity index (χ1) is 6.67. The molecular formula is C10H22N2O2. The van der Waals surface area contributed by atoms with Crippen molar-refractivity contribution in [2.24, 2.45) is 11.7 Å². The van der Waals surface area contributed by atoms with Gasteiger partial charge in [0.2, 0.25) is 0 Å². The highest BCUT2D eigenvalue weighted by atomic mass is 16.5. The first-order valence-electron chi connectivity index (χ1n) is 5.34. The molecule has 84 valence electrons. The molecule has 1 fully saturated rings. The van der Waals surface area contributed by atoms with Crippen LogP contribution >= 0.6 is 0 Å². The zero-order chi connectivity index (χ0) is 10.6. The Hall–Kier alpha value is -0.160. The molecule has 1 heterocycles. The van der Waals surface area contributed by atoms with E-state index in [1.807, 2.05) is 0 Å². The fourth-order valence-electron chi connectivity index (χ4n) is 1.71. The van der Waals surface area contributed by atoms with Gasteiger partial charge in [-0.15, -0.1) is 0 Å². The fraction of sp³-hybridized carbons (Fsp3) is 1.00. The third kappa shape index (κ3) is 3.20. The number of aliphatic hydroxyl groups excluding tert-OH is 1. The molecular weight excluding hydrogens is 180 g/mol. The van der Waals surface area contributed by atoms with Crippen LogP contribution in [0.1, 0.15) is 13.8 Å². The van der Waals surface area contributed by atoms with Crippen molar-refractivity contribution in [2.75, 3.05) is 32.8 Å². The van der Waals surface area contributed by atoms with Crippen molar-refractivity contribution in [1.82, 2.24) is 4.90 Å². The van der Waals surface area contributed by atoms with E-state index in [2.05, 4.69) is 18.7 Å². The minimum absolute atomic E-state index is 0.0174. The molecule has 0 amide bonds. The minimum atomic E-state index is -0.0174. The second-order valence-corrected chi connectivity index (χ2v) is 4.28. The summed E-state index contributed by atoms with van der Waals surface area (Å²) in [5.74, 6) is 0.509. The van der Waals surface area contributed by atoms with E-state index >= 15 is 0 Å². The molecule has 0 aromatic heterocycles. The maximum absolute atomic E-state index is 9.01. The van der Waals surface area contributed by atoms with Crippen LogP contribution in [-0.4, -0.2) is 55.0 Å². The van der Waals surface area contributed by atoms with E-state index in [1.165, 1.54) is 0 Å². The lowest BCUT2D eigenvalue weighted by Gasteiger charge is -2.38. The van der Waals surface area contributed by atoms with E-state index in [-0.39, 0.29) is 12.7 Å². The SMILES string of the molecule is CC(CN)CN1CC(CO)OCC1C. The van der Waals surface area contributed by atoms with E-state index < -0.39 is 0 Å². The average Bonchev–Trinajstić information content (AvgIpc) is 2.21. The van der Waals surface area contributed by atoms with Crippen LogP contribution in [0.5, 0.6) is 0 Å². The molecule has 0 radical (unpaired) electrons. The predicted molar refractivity (Wildman–Crippen MR) is 56.1 cm³/mol. The lowest BCUT2D eigenvalue weighted by Crippen LogP contribution is -2.51. The van der Waals surface area contributed by atoms with Gasteiger partial charge in [-0.05, 0) is 19.4 Å². The van der Waals surface area contributed by atoms with E-state index in [1.54, 1.807) is 0 Å². The first kappa shape index (κ1) is 11.9. The Morgan fingerprint density at radius 2 is 2.36 bits per heavy atom. The zero-order valence-corrected chi connectivity index (χ0v) is 9.15. The van der Waals surface area contributed by atoms with Crippen LogP contribution in [0, 0.1) is 5.92 Å². The van der Waals surface area contributed by atoms with Crippen LogP contribution in [-0.2, 0) is 4.74 Å². The van der Waals surface area contributed by atoms with E-state index in [0.29, 0.717) is 25.1 Å². The van der Waals surface area contributed by atoms with Crippen molar-refractivity contribution >= 4 is 0 Å². The number of nitrogens with two attached hydrogens (primary N) is 1. The molecule has 0 aliphatic carbocycles. The van der Waals surface area contributed by atoms with Crippen molar-refractivity contribution in [1.29, 1.82) is 0 Å². The molecule has 0 aromatic carbocycles. The summed E-state index contributed by atoms with van der Waals surface area (Å²) in [5.41, 5.74) is 5.59. The largest absolute Gasteiger partial charge is 0.394 e. The Bertz CT molecular complexity index is 164. The maximum Gasteiger partial charge on any atom is 0.0933 e. The summed E-state index contributed by atoms with van der Waals surface area (Å²) < 4.78 is 5.46. The van der Waals surface area contributed by atoms with Gasteiger partial charge in [-0.1, -0.05) is 6.92 Å². The molecule has 4 nitrogen and oxygen atoms in total. The number of hydrogen-bond donors (Lipinski definition) is 2. The van der Waals surface area contributed by atoms with Crippen LogP contribution in [0.4, 0.5) is 0 Å². The maximum atomic E-state index is 9.01. The van der Waals surface area contributed by atoms with E-state index in [0.717, 1.165) is 13.1 Å². The van der Waals surface area contributed by atoms with Crippen LogP contribution in [0.15, 0.2) is 0 Å². The summed E-state index contributed by atoms with van der Waals surface area (Å²) in [6, 6.07) is 0.437. The summed E-state index contributed by atoms with van der Waals surface area (Å²) in [5, 5.41) is 9.01. The molecule has 0 saturated carbocycles. The summed E-state index contributed by atoms with van der Waals surface area (Å²) in [7, 11) is 0. The van der Waals surface area contributed by atoms with Crippen LogP contribution in [0.3, 0.4) is 0 Å². The minimum Gasteiger partial charge on any atom is -0.394 e. The molecule has 0 bridgehead atoms. The molecule has 3 unspecified atom stereocenters. The lowest BCUT2D eigenvalue weighted by atomic mass is 10.1. The highest BCUT2D eigenvalue weighted by molar-refractivity contribution is 4.78. The number of rotatable bonds is 4. The second-order valence-electron chi connectivity index (χ2n) is 4.28. The summed E-state index contributed by atoms with van der Waals surface area (Å²) in [6.07, 6.45) is -0.0174. The van der Waals surface area contributed by atoms with Gasteiger partial charge in [0.1, 0.15) is 0 Å². The van der Waals surface area contributed by atoms with Gasteiger partial charge < -0.3 is 15.6 Å². The summed E-state index contributed by atoms with van der Waals surface area (Å²) in [4.78, 5) is 2.35. The highest BCUT2D eigenvalue weighted by Crippen LogP contribution is 2.13. The standard InChI is InChI=1S/C10H22N2O2/c1-8(3-11)4-12-5-10(6-13)14-7-9(12)2/h8-10,13H,3-7,11H2,1-2H3. The first-order valence-corrected chi connectivity index (χ1v) is 5.34. The van der Waals surface area contributed by atoms with Crippen molar-refractivity contribution < 1.29 is 9.84 Å². The van der Waals surface area contributed by atoms with Crippen molar-refractivity contribution in [3.63, 3.8) is 0 Å².